The van der Waals surface area contributed by atoms with Crippen molar-refractivity contribution in [2.45, 2.75) is 25.7 Å². The fourth-order valence-corrected chi connectivity index (χ4v) is 5.55. The number of carbonyl (C=O) groups is 1. The summed E-state index contributed by atoms with van der Waals surface area (Å²) in [5.74, 6) is 0.306. The molecule has 1 aromatic carbocycles. The fourth-order valence-electron chi connectivity index (χ4n) is 5.55. The number of aromatic amines is 1. The predicted octanol–water partition coefficient (Wildman–Crippen LogP) is 4.82. The number of benzene rings is 1. The SMILES string of the molecule is Cl.N#Cc1c(-c2ccc(O)cc2F)nc2n[nH]c(C(=O)CCC3CCNCC3)c2c1-c1ccc(N2CCOCC2)o1. The Bertz CT molecular complexity index is 1600. The van der Waals surface area contributed by atoms with E-state index in [0.29, 0.717) is 61.2 Å². The molecule has 214 valence electrons. The predicted molar refractivity (Wildman–Crippen MR) is 153 cm³/mol. The van der Waals surface area contributed by atoms with Gasteiger partial charge in [0.15, 0.2) is 17.3 Å². The number of morpholine rings is 1. The number of Topliss-reactive ketones (excluding diaryl/α,β-unsaturated/α-hetero) is 1. The Kier molecular flexibility index (Phi) is 8.54. The first-order chi connectivity index (χ1) is 19.5. The van der Waals surface area contributed by atoms with Crippen LogP contribution in [-0.4, -0.2) is 65.5 Å². The lowest BCUT2D eigenvalue weighted by molar-refractivity contribution is 0.0967. The Morgan fingerprint density at radius 3 is 2.71 bits per heavy atom. The van der Waals surface area contributed by atoms with E-state index in [0.717, 1.165) is 38.4 Å². The van der Waals surface area contributed by atoms with E-state index < -0.39 is 5.82 Å². The van der Waals surface area contributed by atoms with Crippen LogP contribution in [0.5, 0.6) is 5.75 Å². The first-order valence-corrected chi connectivity index (χ1v) is 13.5. The smallest absolute Gasteiger partial charge is 0.196 e. The molecular formula is C29H30ClFN6O4. The number of ether oxygens (including phenoxy) is 1. The van der Waals surface area contributed by atoms with Gasteiger partial charge in [-0.1, -0.05) is 0 Å². The summed E-state index contributed by atoms with van der Waals surface area (Å²) in [6.45, 7) is 4.35. The van der Waals surface area contributed by atoms with Crippen LogP contribution >= 0.6 is 12.4 Å². The van der Waals surface area contributed by atoms with Gasteiger partial charge in [0.1, 0.15) is 29.1 Å². The molecule has 2 aliphatic rings. The number of ketones is 1. The summed E-state index contributed by atoms with van der Waals surface area (Å²) in [5, 5.41) is 31.0. The van der Waals surface area contributed by atoms with E-state index in [-0.39, 0.29) is 52.1 Å². The topological polar surface area (TPSA) is 140 Å². The summed E-state index contributed by atoms with van der Waals surface area (Å²) in [4.78, 5) is 20.1. The Balaban J connectivity index is 0.00000337. The quantitative estimate of drug-likeness (QED) is 0.262. The number of anilines is 1. The average Bonchev–Trinajstić information content (AvgIpc) is 3.64. The number of aromatic nitrogens is 3. The number of furan rings is 1. The minimum absolute atomic E-state index is 0. The average molecular weight is 581 g/mol. The number of nitrogens with one attached hydrogen (secondary N) is 2. The summed E-state index contributed by atoms with van der Waals surface area (Å²) in [5.41, 5.74) is 0.879. The number of phenols is 1. The van der Waals surface area contributed by atoms with Crippen molar-refractivity contribution in [2.75, 3.05) is 44.3 Å². The van der Waals surface area contributed by atoms with Crippen LogP contribution in [-0.2, 0) is 4.74 Å². The number of H-pyrrole nitrogens is 1. The first-order valence-electron chi connectivity index (χ1n) is 13.5. The Labute approximate surface area is 241 Å². The summed E-state index contributed by atoms with van der Waals surface area (Å²) < 4.78 is 26.7. The first kappa shape index (κ1) is 28.5. The van der Waals surface area contributed by atoms with Crippen molar-refractivity contribution >= 4 is 35.1 Å². The van der Waals surface area contributed by atoms with Crippen LogP contribution in [0.3, 0.4) is 0 Å². The van der Waals surface area contributed by atoms with Crippen molar-refractivity contribution in [3.8, 4) is 34.4 Å². The van der Waals surface area contributed by atoms with Crippen molar-refractivity contribution < 1.29 is 23.4 Å². The lowest BCUT2D eigenvalue weighted by atomic mass is 9.91. The molecule has 0 spiro atoms. The van der Waals surface area contributed by atoms with E-state index >= 15 is 4.39 Å². The van der Waals surface area contributed by atoms with E-state index in [1.54, 1.807) is 6.07 Å². The van der Waals surface area contributed by atoms with Gasteiger partial charge in [-0.25, -0.2) is 9.37 Å². The highest BCUT2D eigenvalue weighted by atomic mass is 35.5. The number of hydrogen-bond donors (Lipinski definition) is 3. The molecule has 2 aliphatic heterocycles. The molecule has 0 unspecified atom stereocenters. The van der Waals surface area contributed by atoms with Gasteiger partial charge in [0.2, 0.25) is 0 Å². The van der Waals surface area contributed by atoms with Crippen LogP contribution in [0.4, 0.5) is 10.3 Å². The van der Waals surface area contributed by atoms with Crippen LogP contribution in [0.1, 0.15) is 41.7 Å². The third kappa shape index (κ3) is 5.63. The highest BCUT2D eigenvalue weighted by molar-refractivity contribution is 6.11. The lowest BCUT2D eigenvalue weighted by Gasteiger charge is -2.26. The van der Waals surface area contributed by atoms with Gasteiger partial charge in [-0.2, -0.15) is 10.4 Å². The number of hydrogen-bond acceptors (Lipinski definition) is 9. The molecule has 0 atom stereocenters. The number of fused-ring (bicyclic) bond motifs is 1. The van der Waals surface area contributed by atoms with Gasteiger partial charge in [0, 0.05) is 37.2 Å². The Hall–Kier alpha value is -3.98. The molecule has 0 aliphatic carbocycles. The number of carbonyl (C=O) groups excluding carboxylic acids is 1. The molecular weight excluding hydrogens is 551 g/mol. The van der Waals surface area contributed by atoms with Gasteiger partial charge < -0.3 is 24.5 Å². The van der Waals surface area contributed by atoms with Crippen molar-refractivity contribution in [1.29, 1.82) is 5.26 Å². The molecule has 6 rings (SSSR count). The number of nitriles is 1. The summed E-state index contributed by atoms with van der Waals surface area (Å²) in [6, 6.07) is 9.39. The second kappa shape index (κ2) is 12.3. The van der Waals surface area contributed by atoms with Gasteiger partial charge in [-0.15, -0.1) is 12.4 Å². The Morgan fingerprint density at radius 2 is 1.98 bits per heavy atom. The molecule has 3 N–H and O–H groups in total. The highest BCUT2D eigenvalue weighted by Gasteiger charge is 2.28. The zero-order valence-electron chi connectivity index (χ0n) is 22.3. The van der Waals surface area contributed by atoms with Gasteiger partial charge in [0.05, 0.1) is 35.4 Å². The summed E-state index contributed by atoms with van der Waals surface area (Å²) in [6.07, 6.45) is 3.14. The highest BCUT2D eigenvalue weighted by Crippen LogP contribution is 2.41. The second-order valence-electron chi connectivity index (χ2n) is 10.2. The van der Waals surface area contributed by atoms with Crippen molar-refractivity contribution in [3.63, 3.8) is 0 Å². The standard InChI is InChI=1S/C29H29FN6O4.ClH/c30-21-15-18(37)2-3-19(21)27-20(16-31)25(23-5-6-24(40-23)36-11-13-39-14-12-36)26-28(34-35-29(26)33-27)22(38)4-1-17-7-9-32-10-8-17;/h2-3,5-6,15,17,32,37H,1,4,7-14H2,(H,33,34,35);1H. The van der Waals surface area contributed by atoms with Crippen molar-refractivity contribution in [2.24, 2.45) is 5.92 Å². The monoisotopic (exact) mass is 580 g/mol. The molecule has 0 bridgehead atoms. The van der Waals surface area contributed by atoms with E-state index in [9.17, 15) is 15.2 Å². The number of piperidine rings is 1. The Morgan fingerprint density at radius 1 is 1.20 bits per heavy atom. The molecule has 2 fully saturated rings. The van der Waals surface area contributed by atoms with E-state index in [1.165, 1.54) is 12.1 Å². The second-order valence-corrected chi connectivity index (χ2v) is 10.2. The molecule has 4 aromatic rings. The molecule has 0 saturated carbocycles. The van der Waals surface area contributed by atoms with Crippen LogP contribution in [0, 0.1) is 23.1 Å². The van der Waals surface area contributed by atoms with E-state index in [2.05, 4.69) is 26.6 Å². The molecule has 12 heteroatoms. The molecule has 2 saturated heterocycles. The van der Waals surface area contributed by atoms with Crippen LogP contribution in [0.25, 0.3) is 33.6 Å². The van der Waals surface area contributed by atoms with Crippen molar-refractivity contribution in [1.82, 2.24) is 20.5 Å². The van der Waals surface area contributed by atoms with E-state index in [1.807, 2.05) is 11.0 Å². The number of pyridine rings is 1. The van der Waals surface area contributed by atoms with Gasteiger partial charge in [0.25, 0.3) is 0 Å². The molecule has 5 heterocycles. The molecule has 41 heavy (non-hydrogen) atoms. The minimum atomic E-state index is -0.739. The van der Waals surface area contributed by atoms with Crippen LogP contribution in [0.2, 0.25) is 0 Å². The third-order valence-corrected chi connectivity index (χ3v) is 7.70. The maximum absolute atomic E-state index is 15.0. The van der Waals surface area contributed by atoms with Crippen LogP contribution < -0.4 is 10.2 Å². The molecule has 0 radical (unpaired) electrons. The maximum atomic E-state index is 15.0. The number of rotatable bonds is 7. The summed E-state index contributed by atoms with van der Waals surface area (Å²) in [7, 11) is 0. The van der Waals surface area contributed by atoms with E-state index in [4.69, 9.17) is 9.15 Å². The number of nitrogens with zero attached hydrogens (tertiary/aromatic N) is 4. The third-order valence-electron chi connectivity index (χ3n) is 7.70. The van der Waals surface area contributed by atoms with Gasteiger partial charge in [-0.3, -0.25) is 9.89 Å². The van der Waals surface area contributed by atoms with Gasteiger partial charge >= 0.3 is 0 Å². The number of aromatic hydroxyl groups is 1. The lowest BCUT2D eigenvalue weighted by Crippen LogP contribution is -2.35. The molecule has 3 aromatic heterocycles. The number of phenolic OH excluding ortho intramolecular Hbond substituents is 1. The normalized spacial score (nSPS) is 16.0. The van der Waals surface area contributed by atoms with Crippen molar-refractivity contribution in [3.05, 3.63) is 47.4 Å². The zero-order chi connectivity index (χ0) is 27.6. The maximum Gasteiger partial charge on any atom is 0.196 e. The number of halogens is 2. The molecule has 0 amide bonds. The van der Waals surface area contributed by atoms with Crippen LogP contribution in [0.15, 0.2) is 34.7 Å². The summed E-state index contributed by atoms with van der Waals surface area (Å²) >= 11 is 0. The largest absolute Gasteiger partial charge is 0.508 e. The van der Waals surface area contributed by atoms with Gasteiger partial charge in [-0.05, 0) is 56.5 Å². The fraction of sp³-hybridized carbons (Fsp3) is 0.379. The minimum Gasteiger partial charge on any atom is -0.508 e. The molecule has 10 nitrogen and oxygen atoms in total. The zero-order valence-corrected chi connectivity index (χ0v) is 23.1.